The third-order valence-corrected chi connectivity index (χ3v) is 6.01. The van der Waals surface area contributed by atoms with Crippen molar-refractivity contribution in [2.45, 2.75) is 17.9 Å². The maximum Gasteiger partial charge on any atom is 0.331 e. The molecule has 0 unspecified atom stereocenters. The van der Waals surface area contributed by atoms with Crippen molar-refractivity contribution in [3.8, 4) is 0 Å². The first-order chi connectivity index (χ1) is 12.7. The van der Waals surface area contributed by atoms with Crippen molar-refractivity contribution in [2.24, 2.45) is 0 Å². The molecule has 0 spiro atoms. The highest BCUT2D eigenvalue weighted by atomic mass is 32.2. The second kappa shape index (κ2) is 8.94. The largest absolute Gasteiger partial charge is 0.449 e. The standard InChI is InChI=1S/C18H20N2O5S2/c1-13(25-17(21)8-7-14-9-10-26-12-14)18(22)19-15-5-4-6-16(11-15)27(23,24)20(2)3/h4-13H,1-3H3,(H,19,22)/b8-7+/t13-/m1/s1. The monoisotopic (exact) mass is 408 g/mol. The lowest BCUT2D eigenvalue weighted by Gasteiger charge is -2.14. The average molecular weight is 409 g/mol. The molecule has 0 saturated carbocycles. The van der Waals surface area contributed by atoms with Gasteiger partial charge in [-0.25, -0.2) is 17.5 Å². The number of anilines is 1. The highest BCUT2D eigenvalue weighted by molar-refractivity contribution is 7.89. The molecule has 1 aromatic carbocycles. The van der Waals surface area contributed by atoms with E-state index in [1.54, 1.807) is 12.1 Å². The zero-order valence-electron chi connectivity index (χ0n) is 15.1. The summed E-state index contributed by atoms with van der Waals surface area (Å²) in [7, 11) is -0.770. The van der Waals surface area contributed by atoms with E-state index < -0.39 is 28.0 Å². The van der Waals surface area contributed by atoms with E-state index in [0.717, 1.165) is 9.87 Å². The molecule has 0 bridgehead atoms. The smallest absolute Gasteiger partial charge is 0.331 e. The minimum absolute atomic E-state index is 0.0497. The Morgan fingerprint density at radius 3 is 2.63 bits per heavy atom. The van der Waals surface area contributed by atoms with Crippen LogP contribution in [-0.4, -0.2) is 44.8 Å². The van der Waals surface area contributed by atoms with Crippen molar-refractivity contribution in [1.29, 1.82) is 0 Å². The topological polar surface area (TPSA) is 92.8 Å². The quantitative estimate of drug-likeness (QED) is 0.561. The van der Waals surface area contributed by atoms with E-state index in [2.05, 4.69) is 5.32 Å². The predicted octanol–water partition coefficient (Wildman–Crippen LogP) is 2.58. The van der Waals surface area contributed by atoms with E-state index in [1.165, 1.54) is 56.6 Å². The molecule has 1 heterocycles. The molecule has 0 aliphatic heterocycles. The molecule has 1 aromatic heterocycles. The maximum atomic E-state index is 12.2. The van der Waals surface area contributed by atoms with E-state index in [1.807, 2.05) is 16.8 Å². The highest BCUT2D eigenvalue weighted by Crippen LogP contribution is 2.18. The Bertz CT molecular complexity index is 934. The van der Waals surface area contributed by atoms with Crippen LogP contribution in [-0.2, 0) is 24.3 Å². The van der Waals surface area contributed by atoms with Gasteiger partial charge in [0.1, 0.15) is 0 Å². The van der Waals surface area contributed by atoms with Gasteiger partial charge in [-0.15, -0.1) is 0 Å². The number of nitrogens with one attached hydrogen (secondary N) is 1. The number of sulfonamides is 1. The van der Waals surface area contributed by atoms with Crippen LogP contribution >= 0.6 is 11.3 Å². The van der Waals surface area contributed by atoms with Crippen LogP contribution in [0.25, 0.3) is 6.08 Å². The molecule has 0 aliphatic carbocycles. The van der Waals surface area contributed by atoms with E-state index in [0.29, 0.717) is 5.69 Å². The van der Waals surface area contributed by atoms with Crippen molar-refractivity contribution in [1.82, 2.24) is 4.31 Å². The Balaban J connectivity index is 1.99. The first kappa shape index (κ1) is 20.8. The molecular weight excluding hydrogens is 388 g/mol. The zero-order chi connectivity index (χ0) is 20.0. The van der Waals surface area contributed by atoms with E-state index in [4.69, 9.17) is 4.74 Å². The number of carbonyl (C=O) groups is 2. The van der Waals surface area contributed by atoms with Crippen LogP contribution in [0, 0.1) is 0 Å². The summed E-state index contributed by atoms with van der Waals surface area (Å²) < 4.78 is 30.5. The fourth-order valence-corrected chi connectivity index (χ4v) is 3.57. The van der Waals surface area contributed by atoms with E-state index >= 15 is 0 Å². The molecular formula is C18H20N2O5S2. The van der Waals surface area contributed by atoms with E-state index in [-0.39, 0.29) is 4.90 Å². The molecule has 144 valence electrons. The van der Waals surface area contributed by atoms with Gasteiger partial charge in [0.25, 0.3) is 5.91 Å². The molecule has 1 N–H and O–H groups in total. The number of thiophene rings is 1. The summed E-state index contributed by atoms with van der Waals surface area (Å²) in [5.74, 6) is -1.21. The van der Waals surface area contributed by atoms with Gasteiger partial charge in [0.2, 0.25) is 10.0 Å². The Hall–Kier alpha value is -2.49. The normalized spacial score (nSPS) is 12.9. The van der Waals surface area contributed by atoms with Crippen LogP contribution < -0.4 is 5.32 Å². The number of benzene rings is 1. The Morgan fingerprint density at radius 1 is 1.26 bits per heavy atom. The first-order valence-electron chi connectivity index (χ1n) is 7.94. The molecule has 2 rings (SSSR count). The van der Waals surface area contributed by atoms with Crippen molar-refractivity contribution < 1.29 is 22.7 Å². The van der Waals surface area contributed by atoms with Gasteiger partial charge in [0.05, 0.1) is 4.90 Å². The number of hydrogen-bond acceptors (Lipinski definition) is 6. The summed E-state index contributed by atoms with van der Waals surface area (Å²) in [5, 5.41) is 6.30. The summed E-state index contributed by atoms with van der Waals surface area (Å²) in [6.45, 7) is 1.44. The highest BCUT2D eigenvalue weighted by Gasteiger charge is 2.20. The third-order valence-electron chi connectivity index (χ3n) is 3.50. The summed E-state index contributed by atoms with van der Waals surface area (Å²) >= 11 is 1.50. The number of esters is 1. The van der Waals surface area contributed by atoms with Gasteiger partial charge in [-0.05, 0) is 53.6 Å². The molecule has 1 amide bonds. The lowest BCUT2D eigenvalue weighted by molar-refractivity contribution is -0.148. The van der Waals surface area contributed by atoms with Gasteiger partial charge in [0.15, 0.2) is 6.10 Å². The number of ether oxygens (including phenoxy) is 1. The Labute approximate surface area is 162 Å². The third kappa shape index (κ3) is 5.75. The number of nitrogens with zero attached hydrogens (tertiary/aromatic N) is 1. The van der Waals surface area contributed by atoms with Gasteiger partial charge in [-0.1, -0.05) is 6.07 Å². The molecule has 1 atom stereocenters. The number of hydrogen-bond donors (Lipinski definition) is 1. The van der Waals surface area contributed by atoms with Crippen LogP contribution in [0.4, 0.5) is 5.69 Å². The van der Waals surface area contributed by atoms with Gasteiger partial charge in [0, 0.05) is 25.9 Å². The van der Waals surface area contributed by atoms with Gasteiger partial charge < -0.3 is 10.1 Å². The second-order valence-corrected chi connectivity index (χ2v) is 8.71. The summed E-state index contributed by atoms with van der Waals surface area (Å²) in [6, 6.07) is 7.70. The molecule has 0 saturated heterocycles. The average Bonchev–Trinajstić information content (AvgIpc) is 3.13. The summed E-state index contributed by atoms with van der Waals surface area (Å²) in [5.41, 5.74) is 1.16. The van der Waals surface area contributed by atoms with Crippen molar-refractivity contribution in [2.75, 3.05) is 19.4 Å². The summed E-state index contributed by atoms with van der Waals surface area (Å²) in [6.07, 6.45) is 1.80. The second-order valence-electron chi connectivity index (χ2n) is 5.77. The number of amides is 1. The van der Waals surface area contributed by atoms with Gasteiger partial charge in [-0.2, -0.15) is 11.3 Å². The fourth-order valence-electron chi connectivity index (χ4n) is 1.99. The van der Waals surface area contributed by atoms with E-state index in [9.17, 15) is 18.0 Å². The fraction of sp³-hybridized carbons (Fsp3) is 0.222. The SMILES string of the molecule is C[C@@H](OC(=O)/C=C/c1ccsc1)C(=O)Nc1cccc(S(=O)(=O)N(C)C)c1. The van der Waals surface area contributed by atoms with Crippen molar-refractivity contribution >= 4 is 45.0 Å². The molecule has 0 radical (unpaired) electrons. The maximum absolute atomic E-state index is 12.2. The van der Waals surface area contributed by atoms with Gasteiger partial charge >= 0.3 is 5.97 Å². The number of rotatable bonds is 7. The van der Waals surface area contributed by atoms with Crippen LogP contribution in [0.2, 0.25) is 0 Å². The van der Waals surface area contributed by atoms with Crippen molar-refractivity contribution in [3.63, 3.8) is 0 Å². The van der Waals surface area contributed by atoms with Crippen molar-refractivity contribution in [3.05, 3.63) is 52.7 Å². The molecule has 27 heavy (non-hydrogen) atoms. The Morgan fingerprint density at radius 2 is 2.00 bits per heavy atom. The number of carbonyl (C=O) groups excluding carboxylic acids is 2. The molecule has 0 aliphatic rings. The Kier molecular flexibility index (Phi) is 6.89. The minimum atomic E-state index is -3.61. The lowest BCUT2D eigenvalue weighted by atomic mass is 10.3. The van der Waals surface area contributed by atoms with Crippen LogP contribution in [0.1, 0.15) is 12.5 Å². The van der Waals surface area contributed by atoms with Gasteiger partial charge in [-0.3, -0.25) is 4.79 Å². The first-order valence-corrected chi connectivity index (χ1v) is 10.3. The molecule has 0 fully saturated rings. The predicted molar refractivity (Wildman–Crippen MR) is 105 cm³/mol. The van der Waals surface area contributed by atoms with Crippen LogP contribution in [0.5, 0.6) is 0 Å². The summed E-state index contributed by atoms with van der Waals surface area (Å²) in [4.78, 5) is 24.1. The van der Waals surface area contributed by atoms with Crippen LogP contribution in [0.15, 0.2) is 52.1 Å². The molecule has 7 nitrogen and oxygen atoms in total. The molecule has 2 aromatic rings. The minimum Gasteiger partial charge on any atom is -0.449 e. The molecule has 9 heteroatoms. The van der Waals surface area contributed by atoms with Crippen LogP contribution in [0.3, 0.4) is 0 Å². The lowest BCUT2D eigenvalue weighted by Crippen LogP contribution is -2.29. The zero-order valence-corrected chi connectivity index (χ0v) is 16.7.